The van der Waals surface area contributed by atoms with Crippen LogP contribution in [0, 0.1) is 0 Å². The second-order valence-corrected chi connectivity index (χ2v) is 3.01. The maximum Gasteiger partial charge on any atom is 0.0623 e. The molecule has 0 radical (unpaired) electrons. The first-order chi connectivity index (χ1) is 4.34. The van der Waals surface area contributed by atoms with Crippen molar-refractivity contribution in [3.8, 4) is 0 Å². The number of hydrogen-bond donors (Lipinski definition) is 2. The van der Waals surface area contributed by atoms with Gasteiger partial charge in [0.1, 0.15) is 0 Å². The third kappa shape index (κ3) is 1.79. The van der Waals surface area contributed by atoms with Crippen molar-refractivity contribution < 1.29 is 5.11 Å². The molecule has 0 saturated carbocycles. The van der Waals surface area contributed by atoms with Crippen molar-refractivity contribution in [3.63, 3.8) is 0 Å². The van der Waals surface area contributed by atoms with Gasteiger partial charge in [0.15, 0.2) is 0 Å². The monoisotopic (exact) mass is 164 g/mol. The number of aliphatic hydroxyl groups is 1. The maximum atomic E-state index is 8.50. The fraction of sp³-hybridized carbons (Fsp3) is 0.500. The van der Waals surface area contributed by atoms with Crippen molar-refractivity contribution in [3.05, 3.63) is 11.6 Å². The molecule has 0 atom stereocenters. The molecule has 0 aromatic heterocycles. The molecular formula is C4H8N2OS2. The Kier molecular flexibility index (Phi) is 2.71. The van der Waals surface area contributed by atoms with Gasteiger partial charge in [0.25, 0.3) is 0 Å². The van der Waals surface area contributed by atoms with E-state index in [1.807, 2.05) is 16.6 Å². The van der Waals surface area contributed by atoms with Crippen LogP contribution in [0.25, 0.3) is 0 Å². The van der Waals surface area contributed by atoms with Crippen molar-refractivity contribution in [2.24, 2.45) is 0 Å². The molecule has 9 heavy (non-hydrogen) atoms. The fourth-order valence-corrected chi connectivity index (χ4v) is 1.41. The second-order valence-electron chi connectivity index (χ2n) is 1.53. The minimum Gasteiger partial charge on any atom is -0.394 e. The molecule has 1 rings (SSSR count). The molecule has 1 aliphatic rings. The highest BCUT2D eigenvalue weighted by Crippen LogP contribution is 2.23. The smallest absolute Gasteiger partial charge is 0.0623 e. The van der Waals surface area contributed by atoms with Crippen molar-refractivity contribution in [1.82, 2.24) is 8.83 Å². The van der Waals surface area contributed by atoms with Crippen LogP contribution in [0.1, 0.15) is 0 Å². The summed E-state index contributed by atoms with van der Waals surface area (Å²) >= 11 is 5.55. The number of aliphatic hydroxyl groups excluding tert-OH is 1. The zero-order chi connectivity index (χ0) is 6.69. The fourth-order valence-electron chi connectivity index (χ4n) is 0.532. The molecule has 1 aliphatic heterocycles. The van der Waals surface area contributed by atoms with Crippen LogP contribution >= 0.6 is 24.8 Å². The molecule has 0 spiro atoms. The number of hydrazine groups is 1. The number of hydrogen-bond acceptors (Lipinski definition) is 5. The number of β-amino-alcohol motifs (C(OH)–C–C–N with tert-alkyl or cyclic N) is 1. The van der Waals surface area contributed by atoms with E-state index in [0.717, 1.165) is 0 Å². The summed E-state index contributed by atoms with van der Waals surface area (Å²) in [6.45, 7) is 0.759. The lowest BCUT2D eigenvalue weighted by Gasteiger charge is -2.20. The van der Waals surface area contributed by atoms with Crippen LogP contribution < -0.4 is 0 Å². The molecule has 0 aliphatic carbocycles. The van der Waals surface area contributed by atoms with Gasteiger partial charge in [-0.2, -0.15) is 0 Å². The van der Waals surface area contributed by atoms with E-state index in [2.05, 4.69) is 12.8 Å². The molecular weight excluding hydrogens is 156 g/mol. The lowest BCUT2D eigenvalue weighted by atomic mass is 10.7. The Morgan fingerprint density at radius 2 is 2.44 bits per heavy atom. The minimum atomic E-state index is 0.155. The minimum absolute atomic E-state index is 0.155. The van der Waals surface area contributed by atoms with Gasteiger partial charge < -0.3 is 5.11 Å². The van der Waals surface area contributed by atoms with Gasteiger partial charge in [0, 0.05) is 11.6 Å². The first-order valence-corrected chi connectivity index (χ1v) is 3.78. The molecule has 52 valence electrons. The lowest BCUT2D eigenvalue weighted by molar-refractivity contribution is 0.183. The summed E-state index contributed by atoms with van der Waals surface area (Å²) in [6.07, 6.45) is 1.87. The van der Waals surface area contributed by atoms with E-state index in [4.69, 9.17) is 5.11 Å². The van der Waals surface area contributed by atoms with Crippen molar-refractivity contribution in [1.29, 1.82) is 0 Å². The van der Waals surface area contributed by atoms with E-state index in [1.165, 1.54) is 11.9 Å². The van der Waals surface area contributed by atoms with Crippen LogP contribution in [-0.2, 0) is 0 Å². The number of nitrogens with zero attached hydrogens (tertiary/aromatic N) is 2. The van der Waals surface area contributed by atoms with Crippen LogP contribution in [0.5, 0.6) is 0 Å². The van der Waals surface area contributed by atoms with E-state index in [1.54, 1.807) is 3.82 Å². The highest BCUT2D eigenvalue weighted by Gasteiger charge is 2.10. The molecule has 0 fully saturated rings. The average molecular weight is 164 g/mol. The summed E-state index contributed by atoms with van der Waals surface area (Å²) in [6, 6.07) is 0. The molecule has 0 amide bonds. The van der Waals surface area contributed by atoms with E-state index >= 15 is 0 Å². The molecule has 0 aromatic rings. The average Bonchev–Trinajstić information content (AvgIpc) is 2.18. The lowest BCUT2D eigenvalue weighted by Crippen LogP contribution is -2.25. The number of thiol groups is 1. The third-order valence-corrected chi connectivity index (χ3v) is 2.09. The zero-order valence-electron chi connectivity index (χ0n) is 4.77. The SMILES string of the molecule is OCCN1C=CSN1S. The summed E-state index contributed by atoms with van der Waals surface area (Å²) in [4.78, 5) is 0. The predicted octanol–water partition coefficient (Wildman–Crippen LogP) is 0.475. The standard InChI is InChI=1S/C4H8N2OS2/c7-3-1-5-2-4-9-6(5)8/h2,4,7-8H,1,3H2. The normalized spacial score (nSPS) is 19.6. The quantitative estimate of drug-likeness (QED) is 0.458. The second kappa shape index (κ2) is 3.36. The van der Waals surface area contributed by atoms with Gasteiger partial charge in [-0.15, -0.1) is 3.82 Å². The summed E-state index contributed by atoms with van der Waals surface area (Å²) in [5.41, 5.74) is 0. The van der Waals surface area contributed by atoms with Gasteiger partial charge in [0.2, 0.25) is 0 Å². The Morgan fingerprint density at radius 3 is 2.89 bits per heavy atom. The van der Waals surface area contributed by atoms with Crippen molar-refractivity contribution in [2.45, 2.75) is 0 Å². The van der Waals surface area contributed by atoms with Crippen LogP contribution in [0.4, 0.5) is 0 Å². The van der Waals surface area contributed by atoms with Crippen LogP contribution in [0.15, 0.2) is 11.6 Å². The van der Waals surface area contributed by atoms with Crippen LogP contribution in [0.2, 0.25) is 0 Å². The Labute approximate surface area is 64.0 Å². The molecule has 0 bridgehead atoms. The predicted molar refractivity (Wildman–Crippen MR) is 41.3 cm³/mol. The summed E-state index contributed by atoms with van der Waals surface area (Å²) in [5, 5.41) is 12.2. The van der Waals surface area contributed by atoms with Gasteiger partial charge in [-0.25, -0.2) is 0 Å². The summed E-state index contributed by atoms with van der Waals surface area (Å²) < 4.78 is 1.66. The van der Waals surface area contributed by atoms with E-state index < -0.39 is 0 Å². The Bertz CT molecular complexity index is 119. The highest BCUT2D eigenvalue weighted by molar-refractivity contribution is 8.07. The van der Waals surface area contributed by atoms with E-state index in [0.29, 0.717) is 6.54 Å². The summed E-state index contributed by atoms with van der Waals surface area (Å²) in [5.74, 6) is 0. The Morgan fingerprint density at radius 1 is 1.67 bits per heavy atom. The maximum absolute atomic E-state index is 8.50. The molecule has 3 nitrogen and oxygen atoms in total. The molecule has 1 N–H and O–H groups in total. The van der Waals surface area contributed by atoms with Gasteiger partial charge in [-0.1, -0.05) is 12.8 Å². The molecule has 0 aromatic carbocycles. The Hall–Kier alpha value is 0.160. The zero-order valence-corrected chi connectivity index (χ0v) is 6.48. The Balaban J connectivity index is 2.31. The summed E-state index contributed by atoms with van der Waals surface area (Å²) in [7, 11) is 0. The number of rotatable bonds is 2. The first-order valence-electron chi connectivity index (χ1n) is 2.54. The van der Waals surface area contributed by atoms with Crippen LogP contribution in [0.3, 0.4) is 0 Å². The van der Waals surface area contributed by atoms with Gasteiger partial charge in [0.05, 0.1) is 13.2 Å². The topological polar surface area (TPSA) is 26.7 Å². The van der Waals surface area contributed by atoms with Crippen molar-refractivity contribution in [2.75, 3.05) is 13.2 Å². The molecule has 0 unspecified atom stereocenters. The van der Waals surface area contributed by atoms with E-state index in [-0.39, 0.29) is 6.61 Å². The van der Waals surface area contributed by atoms with Crippen molar-refractivity contribution >= 4 is 24.8 Å². The van der Waals surface area contributed by atoms with Gasteiger partial charge in [-0.3, -0.25) is 5.01 Å². The van der Waals surface area contributed by atoms with E-state index in [9.17, 15) is 0 Å². The van der Waals surface area contributed by atoms with Gasteiger partial charge >= 0.3 is 0 Å². The molecule has 0 saturated heterocycles. The van der Waals surface area contributed by atoms with Crippen LogP contribution in [-0.4, -0.2) is 27.1 Å². The first kappa shape index (κ1) is 7.27. The molecule has 5 heteroatoms. The third-order valence-electron chi connectivity index (χ3n) is 0.937. The highest BCUT2D eigenvalue weighted by atomic mass is 32.2. The largest absolute Gasteiger partial charge is 0.394 e. The molecule has 1 heterocycles. The van der Waals surface area contributed by atoms with Gasteiger partial charge in [-0.05, 0) is 11.9 Å².